The van der Waals surface area contributed by atoms with Crippen LogP contribution in [0, 0.1) is 11.9 Å². The molecule has 13 heavy (non-hydrogen) atoms. The predicted molar refractivity (Wildman–Crippen MR) is 50.3 cm³/mol. The third kappa shape index (κ3) is 3.92. The van der Waals surface area contributed by atoms with Gasteiger partial charge in [-0.3, -0.25) is 0 Å². The number of unbranched alkanes of at least 4 members (excludes halogenated alkanes) is 2. The standard InChI is InChI=1S/C11H14FO/c1-2-3-4-8-13-11-7-5-6-10(12)9-11/h5,7,9H,2-4,8H2,1H3. The van der Waals surface area contributed by atoms with Crippen molar-refractivity contribution < 1.29 is 9.13 Å². The molecule has 2 heteroatoms. The second-order valence-corrected chi connectivity index (χ2v) is 2.93. The number of benzene rings is 1. The van der Waals surface area contributed by atoms with Crippen LogP contribution in [0.1, 0.15) is 26.2 Å². The van der Waals surface area contributed by atoms with Gasteiger partial charge in [-0.05, 0) is 18.6 Å². The fourth-order valence-electron chi connectivity index (χ4n) is 1.05. The quantitative estimate of drug-likeness (QED) is 0.634. The van der Waals surface area contributed by atoms with Crippen molar-refractivity contribution in [1.29, 1.82) is 0 Å². The lowest BCUT2D eigenvalue weighted by atomic mass is 10.3. The van der Waals surface area contributed by atoms with E-state index in [4.69, 9.17) is 4.74 Å². The van der Waals surface area contributed by atoms with Crippen molar-refractivity contribution >= 4 is 0 Å². The summed E-state index contributed by atoms with van der Waals surface area (Å²) in [4.78, 5) is 0. The molecule has 0 heterocycles. The molecule has 0 saturated carbocycles. The molecule has 1 aromatic rings. The molecule has 1 radical (unpaired) electrons. The molecular weight excluding hydrogens is 167 g/mol. The molecular formula is C11H14FO. The van der Waals surface area contributed by atoms with Gasteiger partial charge in [-0.25, -0.2) is 4.39 Å². The average molecular weight is 181 g/mol. The Morgan fingerprint density at radius 2 is 2.31 bits per heavy atom. The molecule has 0 saturated heterocycles. The zero-order valence-electron chi connectivity index (χ0n) is 7.85. The van der Waals surface area contributed by atoms with E-state index in [2.05, 4.69) is 13.0 Å². The molecule has 1 aromatic carbocycles. The zero-order valence-corrected chi connectivity index (χ0v) is 7.85. The van der Waals surface area contributed by atoms with E-state index in [0.29, 0.717) is 12.4 Å². The molecule has 0 N–H and O–H groups in total. The van der Waals surface area contributed by atoms with Gasteiger partial charge in [-0.1, -0.05) is 19.8 Å². The number of hydrogen-bond acceptors (Lipinski definition) is 1. The van der Waals surface area contributed by atoms with E-state index in [1.165, 1.54) is 18.6 Å². The van der Waals surface area contributed by atoms with Gasteiger partial charge in [0, 0.05) is 12.1 Å². The highest BCUT2D eigenvalue weighted by Crippen LogP contribution is 2.11. The summed E-state index contributed by atoms with van der Waals surface area (Å²) in [5.74, 6) is 0.223. The first-order chi connectivity index (χ1) is 6.33. The van der Waals surface area contributed by atoms with E-state index >= 15 is 0 Å². The van der Waals surface area contributed by atoms with Gasteiger partial charge in [0.25, 0.3) is 0 Å². The summed E-state index contributed by atoms with van der Waals surface area (Å²) in [6.07, 6.45) is 3.35. The first-order valence-electron chi connectivity index (χ1n) is 4.63. The van der Waals surface area contributed by atoms with E-state index in [1.54, 1.807) is 6.07 Å². The van der Waals surface area contributed by atoms with E-state index in [9.17, 15) is 4.39 Å². The minimum absolute atomic E-state index is 0.368. The molecule has 0 aliphatic rings. The van der Waals surface area contributed by atoms with Gasteiger partial charge in [0.15, 0.2) is 0 Å². The van der Waals surface area contributed by atoms with Crippen molar-refractivity contribution in [2.24, 2.45) is 0 Å². The Hall–Kier alpha value is -1.05. The normalized spacial score (nSPS) is 10.0. The lowest BCUT2D eigenvalue weighted by Gasteiger charge is -2.04. The third-order valence-corrected chi connectivity index (χ3v) is 1.75. The van der Waals surface area contributed by atoms with Crippen molar-refractivity contribution in [3.05, 3.63) is 30.1 Å². The van der Waals surface area contributed by atoms with Gasteiger partial charge >= 0.3 is 0 Å². The highest BCUT2D eigenvalue weighted by atomic mass is 19.1. The molecule has 0 spiro atoms. The van der Waals surface area contributed by atoms with Crippen molar-refractivity contribution in [3.63, 3.8) is 0 Å². The minimum atomic E-state index is -0.368. The Labute approximate surface area is 78.5 Å². The molecule has 0 aliphatic heterocycles. The summed E-state index contributed by atoms with van der Waals surface area (Å²) >= 11 is 0. The lowest BCUT2D eigenvalue weighted by Crippen LogP contribution is -1.96. The van der Waals surface area contributed by atoms with Crippen LogP contribution in [-0.2, 0) is 0 Å². The van der Waals surface area contributed by atoms with Gasteiger partial charge in [0.05, 0.1) is 6.61 Å². The van der Waals surface area contributed by atoms with Crippen molar-refractivity contribution in [1.82, 2.24) is 0 Å². The van der Waals surface area contributed by atoms with Crippen molar-refractivity contribution in [2.45, 2.75) is 26.2 Å². The Morgan fingerprint density at radius 3 is 3.00 bits per heavy atom. The van der Waals surface area contributed by atoms with Crippen LogP contribution in [0.25, 0.3) is 0 Å². The molecule has 0 aliphatic carbocycles. The maximum absolute atomic E-state index is 12.6. The summed E-state index contributed by atoms with van der Waals surface area (Å²) < 4.78 is 17.9. The summed E-state index contributed by atoms with van der Waals surface area (Å²) in [6, 6.07) is 7.03. The Bertz CT molecular complexity index is 248. The van der Waals surface area contributed by atoms with E-state index in [-0.39, 0.29) is 5.82 Å². The topological polar surface area (TPSA) is 9.23 Å². The van der Waals surface area contributed by atoms with Crippen LogP contribution in [0.5, 0.6) is 5.75 Å². The number of hydrogen-bond donors (Lipinski definition) is 0. The molecule has 0 amide bonds. The molecule has 0 bridgehead atoms. The lowest BCUT2D eigenvalue weighted by molar-refractivity contribution is 0.305. The maximum Gasteiger partial charge on any atom is 0.134 e. The molecule has 1 nitrogen and oxygen atoms in total. The highest BCUT2D eigenvalue weighted by Gasteiger charge is 1.95. The first kappa shape index (κ1) is 10.0. The molecule has 0 fully saturated rings. The third-order valence-electron chi connectivity index (χ3n) is 1.75. The van der Waals surface area contributed by atoms with Crippen molar-refractivity contribution in [3.8, 4) is 5.75 Å². The number of rotatable bonds is 5. The molecule has 0 atom stereocenters. The van der Waals surface area contributed by atoms with Gasteiger partial charge in [0.1, 0.15) is 11.6 Å². The summed E-state index contributed by atoms with van der Waals surface area (Å²) in [5, 5.41) is 0. The van der Waals surface area contributed by atoms with Crippen LogP contribution < -0.4 is 4.74 Å². The van der Waals surface area contributed by atoms with Crippen LogP contribution >= 0.6 is 0 Å². The largest absolute Gasteiger partial charge is 0.493 e. The average Bonchev–Trinajstić information content (AvgIpc) is 2.13. The van der Waals surface area contributed by atoms with Crippen LogP contribution in [0.15, 0.2) is 18.2 Å². The Kier molecular flexibility index (Phi) is 4.30. The summed E-state index contributed by atoms with van der Waals surface area (Å²) in [6.45, 7) is 2.80. The van der Waals surface area contributed by atoms with Gasteiger partial charge in [-0.15, -0.1) is 0 Å². The van der Waals surface area contributed by atoms with Gasteiger partial charge in [0.2, 0.25) is 0 Å². The zero-order chi connectivity index (χ0) is 9.52. The predicted octanol–water partition coefficient (Wildman–Crippen LogP) is 3.19. The van der Waals surface area contributed by atoms with Crippen LogP contribution in [0.3, 0.4) is 0 Å². The van der Waals surface area contributed by atoms with E-state index < -0.39 is 0 Å². The molecule has 1 rings (SSSR count). The number of halogens is 1. The Morgan fingerprint density at radius 1 is 1.46 bits per heavy atom. The fourth-order valence-corrected chi connectivity index (χ4v) is 1.05. The molecule has 0 unspecified atom stereocenters. The van der Waals surface area contributed by atoms with E-state index in [1.807, 2.05) is 0 Å². The summed E-state index contributed by atoms with van der Waals surface area (Å²) in [7, 11) is 0. The molecule has 71 valence electrons. The van der Waals surface area contributed by atoms with Gasteiger partial charge in [-0.2, -0.15) is 0 Å². The Balaban J connectivity index is 2.28. The first-order valence-corrected chi connectivity index (χ1v) is 4.63. The number of ether oxygens (including phenoxy) is 1. The van der Waals surface area contributed by atoms with Crippen LogP contribution in [0.2, 0.25) is 0 Å². The second-order valence-electron chi connectivity index (χ2n) is 2.93. The smallest absolute Gasteiger partial charge is 0.134 e. The van der Waals surface area contributed by atoms with E-state index in [0.717, 1.165) is 12.8 Å². The maximum atomic E-state index is 12.6. The molecule has 0 aromatic heterocycles. The monoisotopic (exact) mass is 181 g/mol. The SMILES string of the molecule is CCCCCOc1cc[c]c(F)c1. The minimum Gasteiger partial charge on any atom is -0.493 e. The summed E-state index contributed by atoms with van der Waals surface area (Å²) in [5.41, 5.74) is 0. The van der Waals surface area contributed by atoms with Crippen molar-refractivity contribution in [2.75, 3.05) is 6.61 Å². The van der Waals surface area contributed by atoms with Gasteiger partial charge < -0.3 is 4.74 Å². The fraction of sp³-hybridized carbons (Fsp3) is 0.455. The van der Waals surface area contributed by atoms with Crippen LogP contribution in [0.4, 0.5) is 4.39 Å². The second kappa shape index (κ2) is 5.57. The van der Waals surface area contributed by atoms with Crippen LogP contribution in [-0.4, -0.2) is 6.61 Å². The highest BCUT2D eigenvalue weighted by molar-refractivity contribution is 5.21.